The molecule has 0 saturated heterocycles. The van der Waals surface area contributed by atoms with Crippen LogP contribution in [0.1, 0.15) is 29.7 Å². The molecule has 0 radical (unpaired) electrons. The second kappa shape index (κ2) is 13.2. The number of thiazole rings is 1. The average molecular weight is 822 g/mol. The van der Waals surface area contributed by atoms with Gasteiger partial charge in [0, 0.05) is 15.1 Å². The molecular weight excluding hydrogens is 803 g/mol. The van der Waals surface area contributed by atoms with Crippen LogP contribution < -0.4 is 19.6 Å². The van der Waals surface area contributed by atoms with Crippen molar-refractivity contribution in [1.29, 1.82) is 0 Å². The van der Waals surface area contributed by atoms with Crippen LogP contribution in [-0.4, -0.2) is 23.3 Å². The van der Waals surface area contributed by atoms with Gasteiger partial charge in [-0.05, 0) is 83.1 Å². The van der Waals surface area contributed by atoms with Crippen molar-refractivity contribution in [3.8, 4) is 5.75 Å². The number of aromatic nitrogens is 1. The smallest absolute Gasteiger partial charge is 0.434 e. The summed E-state index contributed by atoms with van der Waals surface area (Å²) < 4.78 is 70.0. The van der Waals surface area contributed by atoms with Gasteiger partial charge in [-0.15, -0.1) is 0 Å². The molecule has 0 saturated carbocycles. The van der Waals surface area contributed by atoms with Gasteiger partial charge in [0.05, 0.1) is 26.3 Å². The first-order valence-corrected chi connectivity index (χ1v) is 15.9. The molecule has 1 atom stereocenters. The number of esters is 1. The minimum atomic E-state index is -5.02. The Morgan fingerprint density at radius 3 is 2.48 bits per heavy atom. The molecule has 1 aliphatic rings. The summed E-state index contributed by atoms with van der Waals surface area (Å²) in [5.74, 6) is -1.23. The van der Waals surface area contributed by atoms with Gasteiger partial charge >= 0.3 is 12.1 Å². The molecule has 14 heteroatoms. The highest BCUT2D eigenvalue weighted by Gasteiger charge is 2.45. The number of carbonyl (C=O) groups excluding carboxylic acids is 1. The van der Waals surface area contributed by atoms with Crippen LogP contribution in [0.4, 0.5) is 17.6 Å². The van der Waals surface area contributed by atoms with Crippen molar-refractivity contribution in [2.24, 2.45) is 4.99 Å². The highest BCUT2D eigenvalue weighted by atomic mass is 127. The Labute approximate surface area is 278 Å². The number of halogens is 7. The van der Waals surface area contributed by atoms with E-state index >= 15 is 0 Å². The van der Waals surface area contributed by atoms with E-state index in [-0.39, 0.29) is 33.9 Å². The average Bonchev–Trinajstić information content (AvgIpc) is 3.27. The van der Waals surface area contributed by atoms with Gasteiger partial charge in [-0.25, -0.2) is 14.2 Å². The second-order valence-electron chi connectivity index (χ2n) is 9.34. The molecule has 4 aromatic rings. The third kappa shape index (κ3) is 6.80. The SMILES string of the molecule is CCOC(=O)C1=C(C(F)(F)F)N=c2s/c(=C\c3cc(Br)cc(I)c3OCc3ccc(F)cc3)c(=O)n2[C@@H]1c1ccc(Cl)cc1. The predicted octanol–water partition coefficient (Wildman–Crippen LogP) is 7.08. The fourth-order valence-corrected chi connectivity index (χ4v) is 7.34. The summed E-state index contributed by atoms with van der Waals surface area (Å²) >= 11 is 12.3. The molecule has 44 heavy (non-hydrogen) atoms. The highest BCUT2D eigenvalue weighted by molar-refractivity contribution is 14.1. The topological polar surface area (TPSA) is 69.9 Å². The van der Waals surface area contributed by atoms with E-state index in [2.05, 4.69) is 43.5 Å². The molecule has 3 aromatic carbocycles. The number of carbonyl (C=O) groups is 1. The van der Waals surface area contributed by atoms with Gasteiger partial charge in [-0.1, -0.05) is 63.1 Å². The van der Waals surface area contributed by atoms with E-state index in [1.54, 1.807) is 24.3 Å². The number of hydrogen-bond donors (Lipinski definition) is 0. The summed E-state index contributed by atoms with van der Waals surface area (Å²) in [5.41, 5.74) is -1.55. The summed E-state index contributed by atoms with van der Waals surface area (Å²) in [7, 11) is 0. The first-order chi connectivity index (χ1) is 20.9. The summed E-state index contributed by atoms with van der Waals surface area (Å²) in [4.78, 5) is 30.5. The van der Waals surface area contributed by atoms with Crippen LogP contribution in [-0.2, 0) is 16.1 Å². The quantitative estimate of drug-likeness (QED) is 0.114. The number of alkyl halides is 3. The van der Waals surface area contributed by atoms with Crippen LogP contribution in [0.25, 0.3) is 6.08 Å². The minimum Gasteiger partial charge on any atom is -0.487 e. The normalized spacial score (nSPS) is 15.2. The number of hydrogen-bond acceptors (Lipinski definition) is 6. The van der Waals surface area contributed by atoms with Gasteiger partial charge in [0.25, 0.3) is 5.56 Å². The van der Waals surface area contributed by atoms with Gasteiger partial charge in [0.1, 0.15) is 18.2 Å². The molecule has 1 aliphatic heterocycles. The van der Waals surface area contributed by atoms with E-state index < -0.39 is 35.0 Å². The van der Waals surface area contributed by atoms with Crippen LogP contribution >= 0.6 is 61.5 Å². The predicted molar refractivity (Wildman–Crippen MR) is 170 cm³/mol. The molecule has 1 aromatic heterocycles. The lowest BCUT2D eigenvalue weighted by atomic mass is 9.95. The van der Waals surface area contributed by atoms with E-state index in [4.69, 9.17) is 21.1 Å². The fraction of sp³-hybridized carbons (Fsp3) is 0.167. The van der Waals surface area contributed by atoms with Gasteiger partial charge < -0.3 is 9.47 Å². The van der Waals surface area contributed by atoms with E-state index in [1.807, 2.05) is 0 Å². The largest absolute Gasteiger partial charge is 0.487 e. The van der Waals surface area contributed by atoms with Crippen LogP contribution in [0.3, 0.4) is 0 Å². The monoisotopic (exact) mass is 820 g/mol. The fourth-order valence-electron chi connectivity index (χ4n) is 4.52. The van der Waals surface area contributed by atoms with Crippen molar-refractivity contribution in [3.63, 3.8) is 0 Å². The van der Waals surface area contributed by atoms with Gasteiger partial charge in [0.15, 0.2) is 10.5 Å². The molecule has 6 nitrogen and oxygen atoms in total. The van der Waals surface area contributed by atoms with Crippen molar-refractivity contribution in [1.82, 2.24) is 4.57 Å². The lowest BCUT2D eigenvalue weighted by Crippen LogP contribution is -2.41. The number of allylic oxidation sites excluding steroid dienone is 1. The minimum absolute atomic E-state index is 0.0508. The number of benzene rings is 3. The maximum atomic E-state index is 14.4. The number of nitrogens with zero attached hydrogens (tertiary/aromatic N) is 2. The van der Waals surface area contributed by atoms with Gasteiger partial charge in [0.2, 0.25) is 0 Å². The van der Waals surface area contributed by atoms with Crippen LogP contribution in [0.2, 0.25) is 5.02 Å². The van der Waals surface area contributed by atoms with Crippen LogP contribution in [0.5, 0.6) is 5.75 Å². The van der Waals surface area contributed by atoms with Crippen molar-refractivity contribution in [2.75, 3.05) is 6.61 Å². The van der Waals surface area contributed by atoms with Crippen LogP contribution in [0, 0.1) is 9.39 Å². The Kier molecular flexibility index (Phi) is 9.68. The molecule has 0 aliphatic carbocycles. The van der Waals surface area contributed by atoms with E-state index in [0.717, 1.165) is 15.9 Å². The summed E-state index contributed by atoms with van der Waals surface area (Å²) in [5, 5.41) is 0.316. The molecular formula is C30H19BrClF4IN2O4S. The highest BCUT2D eigenvalue weighted by Crippen LogP contribution is 2.38. The Bertz CT molecular complexity index is 1960. The summed E-state index contributed by atoms with van der Waals surface area (Å²) in [6.07, 6.45) is -3.53. The third-order valence-corrected chi connectivity index (χ3v) is 8.89. The molecule has 0 N–H and O–H groups in total. The number of fused-ring (bicyclic) bond motifs is 1. The van der Waals surface area contributed by atoms with Crippen LogP contribution in [0.15, 0.2) is 86.2 Å². The number of rotatable bonds is 7. The van der Waals surface area contributed by atoms with Crippen molar-refractivity contribution < 1.29 is 31.8 Å². The molecule has 0 fully saturated rings. The summed E-state index contributed by atoms with van der Waals surface area (Å²) in [6.45, 7) is 1.37. The van der Waals surface area contributed by atoms with Gasteiger partial charge in [-0.3, -0.25) is 9.36 Å². The Morgan fingerprint density at radius 2 is 1.84 bits per heavy atom. The standard InChI is InChI=1S/C30H19BrClF4IN2O4S/c1-2-42-28(41)23-24(16-5-7-19(32)8-6-16)39-27(40)22(44-29(39)38-26(23)30(34,35)36)12-17-11-18(31)13-21(37)25(17)43-14-15-3-9-20(33)10-4-15/h3-13,24H,2,14H2,1H3/b22-12-/t24-/m1/s1. The molecule has 0 spiro atoms. The second-order valence-corrected chi connectivity index (χ2v) is 12.9. The molecule has 5 rings (SSSR count). The molecule has 2 heterocycles. The lowest BCUT2D eigenvalue weighted by molar-refractivity contribution is -0.140. The van der Waals surface area contributed by atoms with E-state index in [9.17, 15) is 27.2 Å². The van der Waals surface area contributed by atoms with Crippen molar-refractivity contribution in [2.45, 2.75) is 25.7 Å². The molecule has 0 bridgehead atoms. The number of ether oxygens (including phenoxy) is 2. The maximum Gasteiger partial charge on any atom is 0.434 e. The first-order valence-electron chi connectivity index (χ1n) is 12.8. The lowest BCUT2D eigenvalue weighted by Gasteiger charge is -2.26. The van der Waals surface area contributed by atoms with Crippen molar-refractivity contribution in [3.05, 3.63) is 127 Å². The van der Waals surface area contributed by atoms with Gasteiger partial charge in [-0.2, -0.15) is 13.2 Å². The molecule has 0 unspecified atom stereocenters. The summed E-state index contributed by atoms with van der Waals surface area (Å²) in [6, 6.07) is 13.6. The zero-order valence-electron chi connectivity index (χ0n) is 22.4. The first kappa shape index (κ1) is 32.4. The van der Waals surface area contributed by atoms with E-state index in [1.165, 1.54) is 49.4 Å². The Morgan fingerprint density at radius 1 is 1.16 bits per heavy atom. The third-order valence-electron chi connectivity index (χ3n) is 6.40. The zero-order chi connectivity index (χ0) is 31.8. The van der Waals surface area contributed by atoms with E-state index in [0.29, 0.717) is 29.9 Å². The Balaban J connectivity index is 1.71. The Hall–Kier alpha value is -3.01. The molecule has 0 amide bonds. The zero-order valence-corrected chi connectivity index (χ0v) is 27.7. The van der Waals surface area contributed by atoms with Crippen molar-refractivity contribution >= 4 is 73.5 Å². The molecule has 228 valence electrons. The maximum absolute atomic E-state index is 14.4.